The molecule has 96 heavy (non-hydrogen) atoms. The minimum absolute atomic E-state index is 0.0258. The van der Waals surface area contributed by atoms with Gasteiger partial charge in [0.25, 0.3) is 0 Å². The van der Waals surface area contributed by atoms with Gasteiger partial charge in [0.1, 0.15) is 48.5 Å². The van der Waals surface area contributed by atoms with Crippen molar-refractivity contribution in [2.45, 2.75) is 228 Å². The maximum absolute atomic E-state index is 12.0. The first-order valence-electron chi connectivity index (χ1n) is 35.9. The minimum Gasteiger partial charge on any atom is -0.507 e. The molecule has 0 bridgehead atoms. The van der Waals surface area contributed by atoms with Crippen molar-refractivity contribution in [2.75, 3.05) is 46.2 Å². The van der Waals surface area contributed by atoms with E-state index >= 15 is 0 Å². The van der Waals surface area contributed by atoms with Crippen LogP contribution in [-0.2, 0) is 24.4 Å². The summed E-state index contributed by atoms with van der Waals surface area (Å²) >= 11 is 0. The van der Waals surface area contributed by atoms with Gasteiger partial charge in [-0.1, -0.05) is 224 Å². The van der Waals surface area contributed by atoms with Gasteiger partial charge < -0.3 is 39.0 Å². The van der Waals surface area contributed by atoms with Gasteiger partial charge in [-0.25, -0.2) is 29.9 Å². The van der Waals surface area contributed by atoms with Gasteiger partial charge >= 0.3 is 0 Å². The summed E-state index contributed by atoms with van der Waals surface area (Å²) in [5, 5.41) is 33.9. The molecule has 0 spiro atoms. The number of phenolic OH excluding ortho intramolecular Hbond substituents is 1. The third-order valence-electron chi connectivity index (χ3n) is 18.4. The lowest BCUT2D eigenvalue weighted by Gasteiger charge is -2.32. The van der Waals surface area contributed by atoms with Gasteiger partial charge in [0, 0.05) is 48.1 Å². The molecule has 516 valence electrons. The molecule has 0 radical (unpaired) electrons. The second-order valence-electron chi connectivity index (χ2n) is 27.2. The van der Waals surface area contributed by atoms with Gasteiger partial charge in [0.2, 0.25) is 0 Å². The van der Waals surface area contributed by atoms with Gasteiger partial charge in [0.05, 0.1) is 30.3 Å². The number of aromatic hydroxyl groups is 1. The van der Waals surface area contributed by atoms with Crippen LogP contribution < -0.4 is 4.74 Å². The van der Waals surface area contributed by atoms with E-state index in [9.17, 15) is 15.3 Å². The second-order valence-corrected chi connectivity index (χ2v) is 27.2. The van der Waals surface area contributed by atoms with Crippen molar-refractivity contribution >= 4 is 0 Å². The molecule has 2 heterocycles. The molecule has 14 nitrogen and oxygen atoms in total. The van der Waals surface area contributed by atoms with Crippen LogP contribution in [0.4, 0.5) is 0 Å². The molecule has 7 aromatic rings. The molecule has 8 rings (SSSR count). The summed E-state index contributed by atoms with van der Waals surface area (Å²) in [6.45, 7) is 23.7. The third kappa shape index (κ3) is 23.0. The Kier molecular flexibility index (Phi) is 30.0. The lowest BCUT2D eigenvalue weighted by Crippen LogP contribution is -2.38. The normalized spacial score (nSPS) is 15.2. The zero-order valence-corrected chi connectivity index (χ0v) is 59.5. The number of hydrogen-bond donors (Lipinski definition) is 3. The summed E-state index contributed by atoms with van der Waals surface area (Å²) in [7, 11) is 0. The van der Waals surface area contributed by atoms with E-state index in [4.69, 9.17) is 53.6 Å². The van der Waals surface area contributed by atoms with Crippen LogP contribution >= 0.6 is 0 Å². The van der Waals surface area contributed by atoms with Crippen LogP contribution in [0.15, 0.2) is 115 Å². The van der Waals surface area contributed by atoms with Crippen LogP contribution in [0.2, 0.25) is 0 Å². The number of allylic oxidation sites excluding steroid dienone is 1. The van der Waals surface area contributed by atoms with Gasteiger partial charge in [-0.3, -0.25) is 0 Å². The molecule has 1 aliphatic carbocycles. The number of hydrogen-bond acceptors (Lipinski definition) is 14. The Balaban J connectivity index is 0.723. The number of ether oxygens (including phenoxy) is 5. The molecule has 0 saturated carbocycles. The number of unbranched alkanes of at least 4 members (excludes halogenated alkanes) is 19. The van der Waals surface area contributed by atoms with E-state index in [1.165, 1.54) is 114 Å². The van der Waals surface area contributed by atoms with Crippen LogP contribution in [0.1, 0.15) is 199 Å². The van der Waals surface area contributed by atoms with Crippen LogP contribution in [0.3, 0.4) is 0 Å². The summed E-state index contributed by atoms with van der Waals surface area (Å²) in [5.74, 6) is 4.02. The van der Waals surface area contributed by atoms with Gasteiger partial charge in [-0.2, -0.15) is 0 Å². The highest BCUT2D eigenvalue weighted by atomic mass is 16.6. The largest absolute Gasteiger partial charge is 0.507 e. The summed E-state index contributed by atoms with van der Waals surface area (Å²) in [6, 6.07) is 30.0. The Morgan fingerprint density at radius 3 is 1.23 bits per heavy atom. The van der Waals surface area contributed by atoms with E-state index < -0.39 is 17.6 Å². The molecule has 0 fully saturated rings. The molecule has 3 N–H and O–H groups in total. The van der Waals surface area contributed by atoms with Crippen LogP contribution in [0, 0.1) is 55.4 Å². The molecule has 0 aliphatic heterocycles. The van der Waals surface area contributed by atoms with Crippen LogP contribution in [-0.4, -0.2) is 110 Å². The van der Waals surface area contributed by atoms with Gasteiger partial charge in [0.15, 0.2) is 29.1 Å². The predicted molar refractivity (Wildman–Crippen MR) is 388 cm³/mol. The first-order valence-corrected chi connectivity index (χ1v) is 35.9. The summed E-state index contributed by atoms with van der Waals surface area (Å²) in [6.07, 6.45) is 29.1. The van der Waals surface area contributed by atoms with E-state index in [-0.39, 0.29) is 25.1 Å². The Morgan fingerprint density at radius 2 is 0.812 bits per heavy atom. The van der Waals surface area contributed by atoms with E-state index in [0.29, 0.717) is 85.1 Å². The zero-order chi connectivity index (χ0) is 68.2. The van der Waals surface area contributed by atoms with E-state index in [1.807, 2.05) is 57.2 Å². The first-order chi connectivity index (χ1) is 46.5. The average molecular weight is 1310 g/mol. The number of aliphatic hydroxyl groups is 2. The molecular weight excluding hydrogens is 1200 g/mol. The Morgan fingerprint density at radius 1 is 0.427 bits per heavy atom. The SMILES string of the molecule is CCCCCCCCCCCCCOCC(COC1=CC(O)C(C)(c2nc(-c3ccc(C)cc3C)nc(-c3ccc(C)cc3C)n2)C=C1)OCCCCCCCCCCCCOCC(O)COc1ccc(-c2nc(-c3ccc(C)cc3C)nc(-c3ccc(C)cc3C)n2)c(O)c1. The van der Waals surface area contributed by atoms with Gasteiger partial charge in [-0.15, -0.1) is 0 Å². The number of aryl methyl sites for hydroxylation is 8. The highest BCUT2D eigenvalue weighted by Gasteiger charge is 2.38. The van der Waals surface area contributed by atoms with Crippen molar-refractivity contribution in [2.24, 2.45) is 0 Å². The molecule has 1 aliphatic rings. The fourth-order valence-electron chi connectivity index (χ4n) is 12.5. The summed E-state index contributed by atoms with van der Waals surface area (Å²) < 4.78 is 30.9. The second kappa shape index (κ2) is 38.7. The first kappa shape index (κ1) is 74.6. The van der Waals surface area contributed by atoms with Crippen LogP contribution in [0.5, 0.6) is 11.5 Å². The lowest BCUT2D eigenvalue weighted by atomic mass is 9.79. The van der Waals surface area contributed by atoms with Crippen molar-refractivity contribution in [1.82, 2.24) is 29.9 Å². The fraction of sp³-hybridized carbons (Fsp3) is 0.512. The number of benzene rings is 5. The smallest absolute Gasteiger partial charge is 0.167 e. The molecule has 0 amide bonds. The Labute approximate surface area is 573 Å². The molecule has 14 heteroatoms. The highest BCUT2D eigenvalue weighted by Crippen LogP contribution is 2.37. The quantitative estimate of drug-likeness (QED) is 0.0307. The molecule has 5 aromatic carbocycles. The van der Waals surface area contributed by atoms with E-state index in [0.717, 1.165) is 94.2 Å². The molecule has 2 aromatic heterocycles. The van der Waals surface area contributed by atoms with E-state index in [2.05, 4.69) is 97.0 Å². The topological polar surface area (TPSA) is 184 Å². The fourth-order valence-corrected chi connectivity index (χ4v) is 12.5. The highest BCUT2D eigenvalue weighted by molar-refractivity contribution is 5.73. The zero-order valence-electron chi connectivity index (χ0n) is 59.5. The lowest BCUT2D eigenvalue weighted by molar-refractivity contribution is -0.0495. The Bertz CT molecular complexity index is 3480. The average Bonchev–Trinajstić information content (AvgIpc) is 0.785. The molecule has 4 atom stereocenters. The number of phenols is 1. The monoisotopic (exact) mass is 1310 g/mol. The van der Waals surface area contributed by atoms with Crippen molar-refractivity contribution in [3.05, 3.63) is 165 Å². The molecular formula is C82H110N6O8. The number of aromatic nitrogens is 6. The maximum Gasteiger partial charge on any atom is 0.167 e. The van der Waals surface area contributed by atoms with Crippen molar-refractivity contribution in [3.8, 4) is 68.4 Å². The third-order valence-corrected chi connectivity index (χ3v) is 18.4. The van der Waals surface area contributed by atoms with Crippen molar-refractivity contribution < 1.29 is 39.0 Å². The van der Waals surface area contributed by atoms with Crippen molar-refractivity contribution in [1.29, 1.82) is 0 Å². The number of aliphatic hydroxyl groups excluding tert-OH is 2. The van der Waals surface area contributed by atoms with E-state index in [1.54, 1.807) is 18.2 Å². The predicted octanol–water partition coefficient (Wildman–Crippen LogP) is 18.7. The minimum atomic E-state index is -0.961. The number of rotatable bonds is 42. The summed E-state index contributed by atoms with van der Waals surface area (Å²) in [5.41, 5.74) is 12.1. The van der Waals surface area contributed by atoms with Crippen LogP contribution in [0.25, 0.3) is 56.9 Å². The maximum atomic E-state index is 12.0. The van der Waals surface area contributed by atoms with Crippen molar-refractivity contribution in [3.63, 3.8) is 0 Å². The molecule has 4 unspecified atom stereocenters. The van der Waals surface area contributed by atoms with Gasteiger partial charge in [-0.05, 0) is 128 Å². The Hall–Kier alpha value is -7.20. The standard InChI is InChI=1S/C82H110N6O8/c1-11-12-13-14-15-16-17-20-24-27-30-45-93-55-68(56-96-67-42-43-82(10,75(91)52-67)81-87-78(71-39-34-59(4)49-63(71)8)86-79(88-81)72-40-35-60(5)50-64(72)9)94-46-31-28-25-22-19-18-21-23-26-29-44-92-53-65(89)54-95-66-36-41-73(74(90)51-66)80-84-76(69-37-32-57(2)47-61(69)6)83-77(85-80)70-38-33-58(3)48-62(70)7/h32-43,47-52,65,68,75,89-91H,11-31,44-46,53-56H2,1-10H3. The molecule has 0 saturated heterocycles. The summed E-state index contributed by atoms with van der Waals surface area (Å²) in [4.78, 5) is 29.8. The number of nitrogens with zero attached hydrogens (tertiary/aromatic N) is 6.